The molecule has 4 rings (SSSR count). The molecule has 0 atom stereocenters. The maximum atomic E-state index is 9.38. The number of piperazine rings is 1. The second kappa shape index (κ2) is 6.99. The van der Waals surface area contributed by atoms with Gasteiger partial charge in [-0.25, -0.2) is 0 Å². The predicted octanol–water partition coefficient (Wildman–Crippen LogP) is 4.35. The van der Waals surface area contributed by atoms with Crippen molar-refractivity contribution < 1.29 is 0 Å². The van der Waals surface area contributed by atoms with Crippen LogP contribution in [0.25, 0.3) is 17.3 Å². The number of allylic oxidation sites excluding steroid dienone is 1. The average molecular weight is 362 g/mol. The molecule has 4 heteroatoms. The molecule has 0 N–H and O–H groups in total. The van der Waals surface area contributed by atoms with Crippen LogP contribution in [0.4, 0.5) is 0 Å². The number of hydrogen-bond acceptors (Lipinski definition) is 3. The minimum atomic E-state index is 0.685. The van der Waals surface area contributed by atoms with Crippen LogP contribution >= 0.6 is 11.6 Å². The van der Waals surface area contributed by atoms with E-state index in [0.717, 1.165) is 54.0 Å². The summed E-state index contributed by atoms with van der Waals surface area (Å²) in [6.07, 6.45) is 3.89. The fourth-order valence-corrected chi connectivity index (χ4v) is 3.90. The summed E-state index contributed by atoms with van der Waals surface area (Å²) in [5.41, 5.74) is 6.50. The zero-order valence-corrected chi connectivity index (χ0v) is 15.5. The molecule has 3 nitrogen and oxygen atoms in total. The van der Waals surface area contributed by atoms with Crippen molar-refractivity contribution in [2.24, 2.45) is 0 Å². The van der Waals surface area contributed by atoms with Gasteiger partial charge in [-0.1, -0.05) is 41.9 Å². The van der Waals surface area contributed by atoms with E-state index in [1.54, 1.807) is 6.08 Å². The molecule has 1 fully saturated rings. The third-order valence-corrected chi connectivity index (χ3v) is 5.38. The van der Waals surface area contributed by atoms with Crippen molar-refractivity contribution in [3.05, 3.63) is 75.8 Å². The molecule has 0 aromatic heterocycles. The Kier molecular flexibility index (Phi) is 4.55. The first-order valence-corrected chi connectivity index (χ1v) is 9.20. The van der Waals surface area contributed by atoms with E-state index >= 15 is 0 Å². The summed E-state index contributed by atoms with van der Waals surface area (Å²) in [6, 6.07) is 16.5. The topological polar surface area (TPSA) is 30.3 Å². The van der Waals surface area contributed by atoms with Gasteiger partial charge in [0.15, 0.2) is 0 Å². The maximum Gasteiger partial charge on any atom is 0.0918 e. The molecule has 0 saturated carbocycles. The second-order valence-corrected chi connectivity index (χ2v) is 7.22. The highest BCUT2D eigenvalue weighted by Crippen LogP contribution is 2.39. The van der Waals surface area contributed by atoms with Crippen molar-refractivity contribution in [3.63, 3.8) is 0 Å². The molecule has 1 aliphatic carbocycles. The Morgan fingerprint density at radius 1 is 1.00 bits per heavy atom. The van der Waals surface area contributed by atoms with Gasteiger partial charge in [0.05, 0.1) is 6.07 Å². The number of likely N-dealkylation sites (N-methyl/N-ethyl adjacent to an activating group) is 1. The molecular weight excluding hydrogens is 342 g/mol. The number of nitrogens with zero attached hydrogens (tertiary/aromatic N) is 3. The van der Waals surface area contributed by atoms with E-state index in [1.807, 2.05) is 24.3 Å². The van der Waals surface area contributed by atoms with Crippen LogP contribution in [-0.4, -0.2) is 43.0 Å². The van der Waals surface area contributed by atoms with Crippen LogP contribution in [0.2, 0.25) is 5.02 Å². The Morgan fingerprint density at radius 3 is 2.54 bits per heavy atom. The van der Waals surface area contributed by atoms with E-state index in [9.17, 15) is 5.26 Å². The third-order valence-electron chi connectivity index (χ3n) is 5.14. The number of halogens is 1. The molecule has 0 spiro atoms. The van der Waals surface area contributed by atoms with Gasteiger partial charge in [0.25, 0.3) is 0 Å². The highest BCUT2D eigenvalue weighted by molar-refractivity contribution is 6.31. The summed E-state index contributed by atoms with van der Waals surface area (Å²) < 4.78 is 0. The van der Waals surface area contributed by atoms with Crippen molar-refractivity contribution >= 4 is 28.9 Å². The van der Waals surface area contributed by atoms with E-state index in [0.29, 0.717) is 5.02 Å². The van der Waals surface area contributed by atoms with Crippen molar-refractivity contribution in [2.45, 2.75) is 0 Å². The van der Waals surface area contributed by atoms with Crippen LogP contribution in [-0.2, 0) is 0 Å². The molecular formula is C22H20ClN3. The predicted molar refractivity (Wildman–Crippen MR) is 108 cm³/mol. The van der Waals surface area contributed by atoms with Gasteiger partial charge in [-0.2, -0.15) is 5.26 Å². The van der Waals surface area contributed by atoms with Gasteiger partial charge >= 0.3 is 0 Å². The molecule has 1 aliphatic heterocycles. The highest BCUT2D eigenvalue weighted by Gasteiger charge is 2.24. The molecule has 1 heterocycles. The number of nitriles is 1. The maximum absolute atomic E-state index is 9.38. The summed E-state index contributed by atoms with van der Waals surface area (Å²) >= 11 is 6.33. The first-order chi connectivity index (χ1) is 12.7. The Morgan fingerprint density at radius 2 is 1.77 bits per heavy atom. The van der Waals surface area contributed by atoms with Gasteiger partial charge < -0.3 is 9.80 Å². The van der Waals surface area contributed by atoms with Crippen LogP contribution in [0.5, 0.6) is 0 Å². The average Bonchev–Trinajstić information content (AvgIpc) is 2.78. The SMILES string of the molecule is CN1CCN(C2=Cc3ccccc3C(=CC#N)c3cc(Cl)ccc32)CC1. The second-order valence-electron chi connectivity index (χ2n) is 6.78. The molecule has 130 valence electrons. The molecule has 0 bridgehead atoms. The van der Waals surface area contributed by atoms with Crippen molar-refractivity contribution in [2.75, 3.05) is 33.2 Å². The smallest absolute Gasteiger partial charge is 0.0918 e. The zero-order chi connectivity index (χ0) is 18.1. The van der Waals surface area contributed by atoms with Gasteiger partial charge in [-0.05, 0) is 41.9 Å². The molecule has 2 aromatic carbocycles. The Balaban J connectivity index is 1.95. The molecule has 0 radical (unpaired) electrons. The Bertz CT molecular complexity index is 944. The van der Waals surface area contributed by atoms with E-state index < -0.39 is 0 Å². The quantitative estimate of drug-likeness (QED) is 0.707. The molecule has 2 aromatic rings. The highest BCUT2D eigenvalue weighted by atomic mass is 35.5. The molecule has 26 heavy (non-hydrogen) atoms. The first-order valence-electron chi connectivity index (χ1n) is 8.82. The number of rotatable bonds is 1. The largest absolute Gasteiger partial charge is 0.368 e. The lowest BCUT2D eigenvalue weighted by atomic mass is 9.93. The van der Waals surface area contributed by atoms with E-state index in [2.05, 4.69) is 47.2 Å². The summed E-state index contributed by atoms with van der Waals surface area (Å²) in [5.74, 6) is 0. The van der Waals surface area contributed by atoms with E-state index in [1.165, 1.54) is 5.70 Å². The third kappa shape index (κ3) is 3.03. The summed E-state index contributed by atoms with van der Waals surface area (Å²) in [7, 11) is 2.16. The first kappa shape index (κ1) is 16.9. The lowest BCUT2D eigenvalue weighted by molar-refractivity contribution is 0.208. The van der Waals surface area contributed by atoms with Crippen molar-refractivity contribution in [1.82, 2.24) is 9.80 Å². The van der Waals surface area contributed by atoms with Crippen molar-refractivity contribution in [1.29, 1.82) is 5.26 Å². The van der Waals surface area contributed by atoms with Gasteiger partial charge in [0.1, 0.15) is 0 Å². The number of fused-ring (bicyclic) bond motifs is 2. The molecule has 1 saturated heterocycles. The van der Waals surface area contributed by atoms with Gasteiger partial charge in [0, 0.05) is 54.1 Å². The molecule has 2 aliphatic rings. The standard InChI is InChI=1S/C22H20ClN3/c1-25-10-12-26(13-11-25)22-14-16-4-2-3-5-18(16)19(8-9-24)21-15-17(23)6-7-20(21)22/h2-8,14-15H,10-13H2,1H3. The van der Waals surface area contributed by atoms with Gasteiger partial charge in [0.2, 0.25) is 0 Å². The van der Waals surface area contributed by atoms with E-state index in [-0.39, 0.29) is 0 Å². The molecule has 0 unspecified atom stereocenters. The van der Waals surface area contributed by atoms with Gasteiger partial charge in [-0.15, -0.1) is 0 Å². The summed E-state index contributed by atoms with van der Waals surface area (Å²) in [5, 5.41) is 10.1. The van der Waals surface area contributed by atoms with Crippen LogP contribution in [0, 0.1) is 11.3 Å². The Labute approximate surface area is 159 Å². The van der Waals surface area contributed by atoms with Crippen LogP contribution in [0.3, 0.4) is 0 Å². The van der Waals surface area contributed by atoms with Gasteiger partial charge in [-0.3, -0.25) is 0 Å². The monoisotopic (exact) mass is 361 g/mol. The summed E-state index contributed by atoms with van der Waals surface area (Å²) in [6.45, 7) is 4.07. The molecule has 0 amide bonds. The number of benzene rings is 2. The lowest BCUT2D eigenvalue weighted by Gasteiger charge is -2.36. The van der Waals surface area contributed by atoms with Crippen molar-refractivity contribution in [3.8, 4) is 6.07 Å². The normalized spacial score (nSPS) is 18.6. The fraction of sp³-hybridized carbons (Fsp3) is 0.227. The lowest BCUT2D eigenvalue weighted by Crippen LogP contribution is -2.43. The summed E-state index contributed by atoms with van der Waals surface area (Å²) in [4.78, 5) is 4.80. The minimum absolute atomic E-state index is 0.685. The number of hydrogen-bond donors (Lipinski definition) is 0. The minimum Gasteiger partial charge on any atom is -0.368 e. The van der Waals surface area contributed by atoms with Crippen LogP contribution in [0.1, 0.15) is 22.3 Å². The van der Waals surface area contributed by atoms with Crippen LogP contribution in [0.15, 0.2) is 48.5 Å². The van der Waals surface area contributed by atoms with E-state index in [4.69, 9.17) is 11.6 Å². The zero-order valence-electron chi connectivity index (χ0n) is 14.7. The Hall–Kier alpha value is -2.54. The fourth-order valence-electron chi connectivity index (χ4n) is 3.73. The van der Waals surface area contributed by atoms with Crippen LogP contribution < -0.4 is 0 Å².